The standard InChI is InChI=1S/C34H49F6N3O3/c1-5-7-8-32(44)41-29-11-14-43(15-12-29)16-13-30(26-10-9-25(6-2)23(3)17-26)31(42-45-4)22-46-21-24-18-27(33(35,36)37)20-28(19-24)34(38,39)40/h9-10,18-20,23,29-30,32,41,44H,5-8,11-17,21-22H2,1-4H3/b42-31+. The van der Waals surface area contributed by atoms with Crippen LogP contribution >= 0.6 is 0 Å². The van der Waals surface area contributed by atoms with E-state index in [1.807, 2.05) is 0 Å². The van der Waals surface area contributed by atoms with Crippen molar-refractivity contribution >= 4 is 5.71 Å². The van der Waals surface area contributed by atoms with Gasteiger partial charge in [-0.3, -0.25) is 5.32 Å². The number of ether oxygens (including phenoxy) is 1. The lowest BCUT2D eigenvalue weighted by atomic mass is 9.79. The average molecular weight is 662 g/mol. The number of benzene rings is 1. The predicted octanol–water partition coefficient (Wildman–Crippen LogP) is 8.11. The topological polar surface area (TPSA) is 66.3 Å². The number of alkyl halides is 6. The Labute approximate surface area is 268 Å². The second kappa shape index (κ2) is 17.7. The molecule has 1 aliphatic carbocycles. The third-order valence-electron chi connectivity index (χ3n) is 8.90. The molecule has 1 aromatic carbocycles. The number of rotatable bonds is 16. The number of hydrogen-bond acceptors (Lipinski definition) is 6. The molecule has 3 unspecified atom stereocenters. The van der Waals surface area contributed by atoms with E-state index in [4.69, 9.17) is 9.57 Å². The van der Waals surface area contributed by atoms with Crippen LogP contribution in [0.25, 0.3) is 0 Å². The molecule has 3 rings (SSSR count). The maximum atomic E-state index is 13.4. The van der Waals surface area contributed by atoms with Crippen LogP contribution in [0.2, 0.25) is 0 Å². The SMILES string of the molecule is CCCCC(O)NC1CCN(CCC(C2=CC=C(CC)C(C)C2)/C(COCc2cc(C(F)(F)F)cc(C(F)(F)F)c2)=N/OC)CC1. The van der Waals surface area contributed by atoms with E-state index >= 15 is 0 Å². The maximum Gasteiger partial charge on any atom is 0.416 e. The largest absolute Gasteiger partial charge is 0.416 e. The first-order chi connectivity index (χ1) is 21.7. The fraction of sp³-hybridized carbons (Fsp3) is 0.676. The number of unbranched alkanes of at least 4 members (excludes halogenated alkanes) is 1. The fourth-order valence-corrected chi connectivity index (χ4v) is 6.29. The van der Waals surface area contributed by atoms with Gasteiger partial charge in [0.25, 0.3) is 0 Å². The van der Waals surface area contributed by atoms with E-state index in [0.717, 1.165) is 70.2 Å². The van der Waals surface area contributed by atoms with Gasteiger partial charge in [-0.05, 0) is 94.3 Å². The summed E-state index contributed by atoms with van der Waals surface area (Å²) in [4.78, 5) is 7.54. The molecule has 260 valence electrons. The molecule has 1 saturated heterocycles. The van der Waals surface area contributed by atoms with Gasteiger partial charge in [0.15, 0.2) is 0 Å². The monoisotopic (exact) mass is 661 g/mol. The van der Waals surface area contributed by atoms with E-state index in [9.17, 15) is 31.4 Å². The summed E-state index contributed by atoms with van der Waals surface area (Å²) < 4.78 is 86.0. The van der Waals surface area contributed by atoms with Crippen LogP contribution in [0.4, 0.5) is 26.3 Å². The van der Waals surface area contributed by atoms with Gasteiger partial charge in [0.1, 0.15) is 13.3 Å². The van der Waals surface area contributed by atoms with E-state index in [1.54, 1.807) is 0 Å². The van der Waals surface area contributed by atoms with E-state index in [1.165, 1.54) is 12.7 Å². The van der Waals surface area contributed by atoms with Gasteiger partial charge in [0.05, 0.1) is 30.1 Å². The van der Waals surface area contributed by atoms with Crippen LogP contribution in [0.15, 0.2) is 46.7 Å². The molecule has 0 radical (unpaired) electrons. The third-order valence-corrected chi connectivity index (χ3v) is 8.90. The molecule has 1 fully saturated rings. The lowest BCUT2D eigenvalue weighted by Gasteiger charge is -2.35. The number of hydrogen-bond donors (Lipinski definition) is 2. The van der Waals surface area contributed by atoms with Crippen LogP contribution in [0.3, 0.4) is 0 Å². The van der Waals surface area contributed by atoms with Crippen LogP contribution in [0, 0.1) is 11.8 Å². The molecule has 1 heterocycles. The minimum absolute atomic E-state index is 0.111. The first-order valence-electron chi connectivity index (χ1n) is 16.3. The Kier molecular flexibility index (Phi) is 14.6. The van der Waals surface area contributed by atoms with Crippen molar-refractivity contribution in [1.29, 1.82) is 0 Å². The number of nitrogens with zero attached hydrogens (tertiary/aromatic N) is 2. The summed E-state index contributed by atoms with van der Waals surface area (Å²) in [5.74, 6) is 0.139. The Morgan fingerprint density at radius 3 is 2.22 bits per heavy atom. The first-order valence-corrected chi connectivity index (χ1v) is 16.3. The van der Waals surface area contributed by atoms with Gasteiger partial charge in [0, 0.05) is 12.0 Å². The number of allylic oxidation sites excluding steroid dienone is 4. The van der Waals surface area contributed by atoms with Gasteiger partial charge in [-0.15, -0.1) is 0 Å². The minimum Gasteiger partial charge on any atom is -0.399 e. The van der Waals surface area contributed by atoms with Crippen molar-refractivity contribution < 1.29 is 41.0 Å². The highest BCUT2D eigenvalue weighted by atomic mass is 19.4. The molecular weight excluding hydrogens is 612 g/mol. The molecule has 2 aliphatic rings. The van der Waals surface area contributed by atoms with E-state index < -0.39 is 36.3 Å². The van der Waals surface area contributed by atoms with Gasteiger partial charge >= 0.3 is 12.4 Å². The Bertz CT molecular complexity index is 1160. The van der Waals surface area contributed by atoms with Crippen LogP contribution in [-0.2, 0) is 28.5 Å². The number of aliphatic hydroxyl groups is 1. The number of halogens is 6. The zero-order valence-electron chi connectivity index (χ0n) is 27.3. The highest BCUT2D eigenvalue weighted by Crippen LogP contribution is 2.37. The van der Waals surface area contributed by atoms with Crippen molar-refractivity contribution in [3.63, 3.8) is 0 Å². The molecule has 3 atom stereocenters. The summed E-state index contributed by atoms with van der Waals surface area (Å²) in [5, 5.41) is 17.8. The van der Waals surface area contributed by atoms with E-state index in [-0.39, 0.29) is 30.2 Å². The molecule has 2 N–H and O–H groups in total. The smallest absolute Gasteiger partial charge is 0.399 e. The number of nitrogens with one attached hydrogen (secondary N) is 1. The highest BCUT2D eigenvalue weighted by molar-refractivity contribution is 5.90. The average Bonchev–Trinajstić information content (AvgIpc) is 3.00. The number of likely N-dealkylation sites (tertiary alicyclic amines) is 1. The molecule has 0 spiro atoms. The van der Waals surface area contributed by atoms with Crippen LogP contribution in [0.5, 0.6) is 0 Å². The molecule has 1 aromatic rings. The number of oxime groups is 1. The normalized spacial score (nSPS) is 20.3. The minimum atomic E-state index is -4.93. The van der Waals surface area contributed by atoms with Gasteiger partial charge in [-0.2, -0.15) is 26.3 Å². The van der Waals surface area contributed by atoms with Crippen molar-refractivity contribution in [3.8, 4) is 0 Å². The highest BCUT2D eigenvalue weighted by Gasteiger charge is 2.37. The molecule has 1 aliphatic heterocycles. The van der Waals surface area contributed by atoms with Gasteiger partial charge in [-0.1, -0.05) is 55.6 Å². The molecule has 6 nitrogen and oxygen atoms in total. The van der Waals surface area contributed by atoms with Crippen LogP contribution in [0.1, 0.15) is 88.8 Å². The molecule has 0 saturated carbocycles. The quantitative estimate of drug-likeness (QED) is 0.0811. The van der Waals surface area contributed by atoms with Crippen LogP contribution in [-0.4, -0.2) is 61.3 Å². The predicted molar refractivity (Wildman–Crippen MR) is 167 cm³/mol. The molecular formula is C34H49F6N3O3. The third kappa shape index (κ3) is 11.7. The lowest BCUT2D eigenvalue weighted by Crippen LogP contribution is -2.46. The summed E-state index contributed by atoms with van der Waals surface area (Å²) in [7, 11) is 1.40. The Morgan fingerprint density at radius 1 is 1.02 bits per heavy atom. The number of aliphatic hydroxyl groups excluding tert-OH is 1. The molecule has 12 heteroatoms. The Hall–Kier alpha value is -2.41. The Balaban J connectivity index is 1.73. The summed E-state index contributed by atoms with van der Waals surface area (Å²) in [6, 6.07) is 1.73. The molecule has 0 aromatic heterocycles. The van der Waals surface area contributed by atoms with Crippen molar-refractivity contribution in [2.24, 2.45) is 17.0 Å². The fourth-order valence-electron chi connectivity index (χ4n) is 6.29. The first kappa shape index (κ1) is 38.0. The molecule has 46 heavy (non-hydrogen) atoms. The van der Waals surface area contributed by atoms with Crippen molar-refractivity contribution in [1.82, 2.24) is 10.2 Å². The lowest BCUT2D eigenvalue weighted by molar-refractivity contribution is -0.143. The zero-order valence-corrected chi connectivity index (χ0v) is 27.3. The van der Waals surface area contributed by atoms with Gasteiger partial charge in [0.2, 0.25) is 0 Å². The van der Waals surface area contributed by atoms with E-state index in [2.05, 4.69) is 48.3 Å². The van der Waals surface area contributed by atoms with Crippen LogP contribution < -0.4 is 5.32 Å². The maximum absolute atomic E-state index is 13.4. The van der Waals surface area contributed by atoms with E-state index in [0.29, 0.717) is 30.2 Å². The second-order valence-corrected chi connectivity index (χ2v) is 12.4. The summed E-state index contributed by atoms with van der Waals surface area (Å²) in [6.07, 6.45) is 0.872. The summed E-state index contributed by atoms with van der Waals surface area (Å²) >= 11 is 0. The second-order valence-electron chi connectivity index (χ2n) is 12.4. The van der Waals surface area contributed by atoms with Gasteiger partial charge in [-0.25, -0.2) is 0 Å². The summed E-state index contributed by atoms with van der Waals surface area (Å²) in [5.41, 5.74) is 0.0290. The molecule has 0 bridgehead atoms. The van der Waals surface area contributed by atoms with Crippen molar-refractivity contribution in [2.75, 3.05) is 33.4 Å². The van der Waals surface area contributed by atoms with Gasteiger partial charge < -0.3 is 19.6 Å². The Morgan fingerprint density at radius 2 is 1.67 bits per heavy atom. The summed E-state index contributed by atoms with van der Waals surface area (Å²) in [6.45, 7) is 8.30. The zero-order chi connectivity index (χ0) is 33.9. The number of piperidine rings is 1. The molecule has 0 amide bonds. The van der Waals surface area contributed by atoms with Crippen molar-refractivity contribution in [2.45, 2.75) is 103 Å². The van der Waals surface area contributed by atoms with Crippen molar-refractivity contribution in [3.05, 3.63) is 58.2 Å².